The highest BCUT2D eigenvalue weighted by molar-refractivity contribution is 7.20. The number of carboxylic acid groups (broad SMARTS) is 1. The fraction of sp³-hybridized carbons (Fsp3) is 0.459. The molecule has 1 amide bonds. The van der Waals surface area contributed by atoms with Gasteiger partial charge in [-0.25, -0.2) is 4.98 Å². The number of carbonyl (C=O) groups excluding carboxylic acids is 1. The van der Waals surface area contributed by atoms with Crippen LogP contribution in [-0.2, 0) is 17.6 Å². The van der Waals surface area contributed by atoms with Gasteiger partial charge < -0.3 is 20.3 Å². The monoisotopic (exact) mass is 642 g/mol. The van der Waals surface area contributed by atoms with E-state index in [-0.39, 0.29) is 29.4 Å². The highest BCUT2D eigenvalue weighted by Crippen LogP contribution is 2.38. The molecular weight excluding hydrogens is 596 g/mol. The molecular formula is C37H46N4O4S. The molecule has 0 unspecified atom stereocenters. The van der Waals surface area contributed by atoms with Crippen LogP contribution in [0.1, 0.15) is 91.8 Å². The SMILES string of the molecule is CN(CC[C@@H](NC(=O)c1cc2cc3c(nc2s1)CC[C@H](C(C)(C)C)C3)c1ccc(-c2ccc(=O)[nH]c2)cc1)C1CCCC1.O=CO. The zero-order chi connectivity index (χ0) is 32.8. The first kappa shape index (κ1) is 33.5. The number of fused-ring (bicyclic) bond motifs is 2. The maximum absolute atomic E-state index is 13.7. The Morgan fingerprint density at radius 3 is 2.46 bits per heavy atom. The Kier molecular flexibility index (Phi) is 10.7. The van der Waals surface area contributed by atoms with E-state index in [4.69, 9.17) is 14.9 Å². The van der Waals surface area contributed by atoms with Crippen LogP contribution in [0.3, 0.4) is 0 Å². The van der Waals surface area contributed by atoms with Crippen LogP contribution in [-0.4, -0.2) is 52.0 Å². The van der Waals surface area contributed by atoms with Gasteiger partial charge in [0, 0.05) is 35.9 Å². The molecule has 0 bridgehead atoms. The van der Waals surface area contributed by atoms with Gasteiger partial charge in [-0.1, -0.05) is 57.9 Å². The molecule has 3 N–H and O–H groups in total. The summed E-state index contributed by atoms with van der Waals surface area (Å²) in [6.45, 7) is 7.68. The number of aromatic amines is 1. The van der Waals surface area contributed by atoms with E-state index in [9.17, 15) is 9.59 Å². The largest absolute Gasteiger partial charge is 0.483 e. The van der Waals surface area contributed by atoms with Gasteiger partial charge in [-0.2, -0.15) is 0 Å². The van der Waals surface area contributed by atoms with Crippen molar-refractivity contribution in [3.8, 4) is 11.1 Å². The van der Waals surface area contributed by atoms with Crippen molar-refractivity contribution in [2.45, 2.75) is 84.2 Å². The number of H-pyrrole nitrogens is 1. The van der Waals surface area contributed by atoms with E-state index >= 15 is 0 Å². The quantitative estimate of drug-likeness (QED) is 0.175. The minimum atomic E-state index is -0.250. The fourth-order valence-electron chi connectivity index (χ4n) is 6.88. The smallest absolute Gasteiger partial charge is 0.290 e. The zero-order valence-corrected chi connectivity index (χ0v) is 28.2. The van der Waals surface area contributed by atoms with Crippen molar-refractivity contribution in [2.24, 2.45) is 11.3 Å². The molecule has 46 heavy (non-hydrogen) atoms. The lowest BCUT2D eigenvalue weighted by molar-refractivity contribution is -0.122. The molecule has 9 heteroatoms. The lowest BCUT2D eigenvalue weighted by atomic mass is 9.71. The van der Waals surface area contributed by atoms with Crippen molar-refractivity contribution in [3.05, 3.63) is 86.8 Å². The molecule has 4 aromatic rings. The molecule has 2 atom stereocenters. The van der Waals surface area contributed by atoms with Gasteiger partial charge in [0.1, 0.15) is 4.83 Å². The maximum Gasteiger partial charge on any atom is 0.290 e. The van der Waals surface area contributed by atoms with E-state index in [0.717, 1.165) is 57.6 Å². The van der Waals surface area contributed by atoms with Crippen LogP contribution >= 0.6 is 11.3 Å². The van der Waals surface area contributed by atoms with Gasteiger partial charge in [-0.05, 0) is 97.4 Å². The first-order chi connectivity index (χ1) is 22.0. The first-order valence-electron chi connectivity index (χ1n) is 16.4. The summed E-state index contributed by atoms with van der Waals surface area (Å²) in [6.07, 6.45) is 11.0. The lowest BCUT2D eigenvalue weighted by Gasteiger charge is -2.34. The van der Waals surface area contributed by atoms with E-state index in [1.165, 1.54) is 54.7 Å². The molecule has 1 saturated carbocycles. The van der Waals surface area contributed by atoms with Crippen molar-refractivity contribution in [1.82, 2.24) is 20.2 Å². The molecule has 0 spiro atoms. The number of amides is 1. The third-order valence-electron chi connectivity index (χ3n) is 9.78. The number of benzene rings is 1. The summed E-state index contributed by atoms with van der Waals surface area (Å²) in [5.41, 5.74) is 5.80. The molecule has 3 heterocycles. The number of pyridine rings is 2. The molecule has 2 aliphatic rings. The maximum atomic E-state index is 13.7. The van der Waals surface area contributed by atoms with Gasteiger partial charge in [0.2, 0.25) is 5.56 Å². The standard InChI is InChI=1S/C36H44N4O2S.CH2O2/c1-36(2,3)28-14-15-30-26(20-28)19-27-21-32(43-35(27)39-30)34(42)38-31(17-18-40(4)29-7-5-6-8-29)24-11-9-23(10-12-24)25-13-16-33(41)37-22-25;2-1-3/h9-13,16,19,21-22,28-29,31H,5-8,14-15,17-18,20H2,1-4H3,(H,37,41)(H,38,42);1H,(H,2,3)/t28-,31+;/m0./s1. The van der Waals surface area contributed by atoms with Crippen molar-refractivity contribution >= 4 is 33.9 Å². The Labute approximate surface area is 275 Å². The van der Waals surface area contributed by atoms with Gasteiger partial charge in [-0.15, -0.1) is 11.3 Å². The average molecular weight is 643 g/mol. The van der Waals surface area contributed by atoms with E-state index in [1.54, 1.807) is 12.3 Å². The normalized spacial score (nSPS) is 17.3. The van der Waals surface area contributed by atoms with Crippen molar-refractivity contribution < 1.29 is 14.7 Å². The third kappa shape index (κ3) is 8.12. The summed E-state index contributed by atoms with van der Waals surface area (Å²) in [4.78, 5) is 45.6. The number of aryl methyl sites for hydroxylation is 1. The van der Waals surface area contributed by atoms with Crippen LogP contribution in [0.4, 0.5) is 0 Å². The first-order valence-corrected chi connectivity index (χ1v) is 17.2. The van der Waals surface area contributed by atoms with Crippen LogP contribution in [0.5, 0.6) is 0 Å². The Morgan fingerprint density at radius 2 is 1.80 bits per heavy atom. The van der Waals surface area contributed by atoms with Crippen molar-refractivity contribution in [2.75, 3.05) is 13.6 Å². The summed E-state index contributed by atoms with van der Waals surface area (Å²) in [5, 5.41) is 11.4. The molecule has 1 aromatic carbocycles. The Hall–Kier alpha value is -3.82. The summed E-state index contributed by atoms with van der Waals surface area (Å²) in [6, 6.07) is 16.6. The van der Waals surface area contributed by atoms with Crippen LogP contribution in [0.15, 0.2) is 59.5 Å². The van der Waals surface area contributed by atoms with Crippen molar-refractivity contribution in [1.29, 1.82) is 0 Å². The Bertz CT molecular complexity index is 1680. The molecule has 0 radical (unpaired) electrons. The zero-order valence-electron chi connectivity index (χ0n) is 27.3. The van der Waals surface area contributed by atoms with E-state index in [1.807, 2.05) is 12.1 Å². The third-order valence-corrected chi connectivity index (χ3v) is 10.8. The number of rotatable bonds is 8. The van der Waals surface area contributed by atoms with Gasteiger partial charge >= 0.3 is 0 Å². The number of carbonyl (C=O) groups is 2. The molecule has 3 aromatic heterocycles. The number of hydrogen-bond donors (Lipinski definition) is 3. The molecule has 1 fully saturated rings. The molecule has 0 saturated heterocycles. The Balaban J connectivity index is 0.00000134. The second-order valence-electron chi connectivity index (χ2n) is 13.8. The fourth-order valence-corrected chi connectivity index (χ4v) is 7.82. The Morgan fingerprint density at radius 1 is 1.11 bits per heavy atom. The highest BCUT2D eigenvalue weighted by atomic mass is 32.1. The van der Waals surface area contributed by atoms with Crippen LogP contribution in [0.25, 0.3) is 21.3 Å². The predicted molar refractivity (Wildman–Crippen MR) is 185 cm³/mol. The summed E-state index contributed by atoms with van der Waals surface area (Å²) in [7, 11) is 2.22. The highest BCUT2D eigenvalue weighted by Gasteiger charge is 2.30. The van der Waals surface area contributed by atoms with E-state index in [0.29, 0.717) is 12.0 Å². The number of thiophene rings is 1. The van der Waals surface area contributed by atoms with Gasteiger partial charge in [-0.3, -0.25) is 14.4 Å². The van der Waals surface area contributed by atoms with Gasteiger partial charge in [0.05, 0.1) is 10.9 Å². The van der Waals surface area contributed by atoms with E-state index in [2.05, 4.69) is 73.4 Å². The van der Waals surface area contributed by atoms with Crippen molar-refractivity contribution in [3.63, 3.8) is 0 Å². The van der Waals surface area contributed by atoms with Crippen LogP contribution < -0.4 is 10.9 Å². The van der Waals surface area contributed by atoms with Gasteiger partial charge in [0.15, 0.2) is 0 Å². The van der Waals surface area contributed by atoms with Crippen LogP contribution in [0.2, 0.25) is 0 Å². The van der Waals surface area contributed by atoms with E-state index < -0.39 is 0 Å². The molecule has 244 valence electrons. The molecule has 8 nitrogen and oxygen atoms in total. The predicted octanol–water partition coefficient (Wildman–Crippen LogP) is 7.24. The summed E-state index contributed by atoms with van der Waals surface area (Å²) >= 11 is 1.50. The second-order valence-corrected chi connectivity index (χ2v) is 14.8. The number of nitrogens with zero attached hydrogens (tertiary/aromatic N) is 2. The topological polar surface area (TPSA) is 115 Å². The minimum Gasteiger partial charge on any atom is -0.483 e. The second kappa shape index (κ2) is 14.7. The number of nitrogens with one attached hydrogen (secondary N) is 2. The molecule has 2 aliphatic carbocycles. The minimum absolute atomic E-state index is 0.0354. The molecule has 6 rings (SSSR count). The van der Waals surface area contributed by atoms with Crippen LogP contribution in [0, 0.1) is 11.3 Å². The number of hydrogen-bond acceptors (Lipinski definition) is 6. The summed E-state index contributed by atoms with van der Waals surface area (Å²) in [5.74, 6) is 0.617. The number of aromatic nitrogens is 2. The molecule has 0 aliphatic heterocycles. The average Bonchev–Trinajstić information content (AvgIpc) is 3.73. The summed E-state index contributed by atoms with van der Waals surface area (Å²) < 4.78 is 0. The lowest BCUT2D eigenvalue weighted by Crippen LogP contribution is -2.34. The van der Waals surface area contributed by atoms with Gasteiger partial charge in [0.25, 0.3) is 12.4 Å².